The van der Waals surface area contributed by atoms with Gasteiger partial charge in [-0.1, -0.05) is 0 Å². The van der Waals surface area contributed by atoms with E-state index in [4.69, 9.17) is 5.84 Å². The zero-order valence-corrected chi connectivity index (χ0v) is 11.9. The van der Waals surface area contributed by atoms with Gasteiger partial charge in [0, 0.05) is 6.07 Å². The van der Waals surface area contributed by atoms with Crippen molar-refractivity contribution >= 4 is 35.9 Å². The van der Waals surface area contributed by atoms with Crippen molar-refractivity contribution in [2.75, 3.05) is 11.3 Å². The summed E-state index contributed by atoms with van der Waals surface area (Å²) in [5.41, 5.74) is 0.754. The van der Waals surface area contributed by atoms with Crippen molar-refractivity contribution in [3.63, 3.8) is 0 Å². The minimum absolute atomic E-state index is 0. The van der Waals surface area contributed by atoms with E-state index >= 15 is 0 Å². The number of aromatic nitrogens is 3. The molecule has 0 unspecified atom stereocenters. The third kappa shape index (κ3) is 3.79. The molecule has 0 atom stereocenters. The first-order chi connectivity index (χ1) is 10.4. The summed E-state index contributed by atoms with van der Waals surface area (Å²) in [4.78, 5) is 19.8. The monoisotopic (exact) mass is 344 g/mol. The molecule has 1 aromatic carbocycles. The number of nitrogens with one attached hydrogen (secondary N) is 1. The standard InChI is InChI=1S/C9H8N8O5.ClH/c10-15-4-12-14-9(15)13-11-3-5-1-6(16(19)20)2-7(8(5)18)17(21)22;/h1-4,18H,10H2,(H,13,14);1H. The second-order valence-corrected chi connectivity index (χ2v) is 3.85. The maximum absolute atomic E-state index is 10.8. The summed E-state index contributed by atoms with van der Waals surface area (Å²) in [5.74, 6) is 4.70. The predicted molar refractivity (Wildman–Crippen MR) is 80.1 cm³/mol. The highest BCUT2D eigenvalue weighted by Crippen LogP contribution is 2.33. The van der Waals surface area contributed by atoms with Crippen LogP contribution in [-0.2, 0) is 0 Å². The van der Waals surface area contributed by atoms with E-state index in [0.29, 0.717) is 6.07 Å². The number of hydrogen-bond donors (Lipinski definition) is 3. The molecule has 0 aliphatic rings. The number of hydrogen-bond acceptors (Lipinski definition) is 10. The number of hydrazone groups is 1. The van der Waals surface area contributed by atoms with Crippen LogP contribution in [0.25, 0.3) is 0 Å². The molecule has 1 aromatic heterocycles. The number of anilines is 1. The molecule has 0 fully saturated rings. The number of rotatable bonds is 5. The van der Waals surface area contributed by atoms with Gasteiger partial charge in [0.1, 0.15) is 6.33 Å². The highest BCUT2D eigenvalue weighted by molar-refractivity contribution is 5.87. The largest absolute Gasteiger partial charge is 0.502 e. The zero-order chi connectivity index (χ0) is 16.3. The highest BCUT2D eigenvalue weighted by Gasteiger charge is 2.23. The summed E-state index contributed by atoms with van der Waals surface area (Å²) in [6.07, 6.45) is 2.14. The van der Waals surface area contributed by atoms with E-state index < -0.39 is 27.0 Å². The highest BCUT2D eigenvalue weighted by atomic mass is 35.5. The van der Waals surface area contributed by atoms with Gasteiger partial charge in [-0.25, -0.2) is 10.1 Å². The fourth-order valence-corrected chi connectivity index (χ4v) is 1.45. The van der Waals surface area contributed by atoms with Crippen LogP contribution in [0.1, 0.15) is 5.56 Å². The van der Waals surface area contributed by atoms with Gasteiger partial charge in [-0.15, -0.1) is 22.6 Å². The molecule has 23 heavy (non-hydrogen) atoms. The first kappa shape index (κ1) is 17.6. The molecule has 4 N–H and O–H groups in total. The zero-order valence-electron chi connectivity index (χ0n) is 11.1. The van der Waals surface area contributed by atoms with Crippen LogP contribution in [0, 0.1) is 20.2 Å². The number of non-ortho nitro benzene ring substituents is 1. The topological polar surface area (TPSA) is 188 Å². The van der Waals surface area contributed by atoms with Crippen LogP contribution in [0.5, 0.6) is 5.75 Å². The normalized spacial score (nSPS) is 10.3. The van der Waals surface area contributed by atoms with E-state index in [9.17, 15) is 25.3 Å². The van der Waals surface area contributed by atoms with Gasteiger partial charge in [0.05, 0.1) is 27.7 Å². The van der Waals surface area contributed by atoms with Crippen molar-refractivity contribution in [2.24, 2.45) is 5.10 Å². The molecule has 0 aliphatic carbocycles. The molecule has 13 nitrogen and oxygen atoms in total. The summed E-state index contributed by atoms with van der Waals surface area (Å²) in [6, 6.07) is 1.58. The molecule has 0 radical (unpaired) electrons. The molecule has 14 heteroatoms. The summed E-state index contributed by atoms with van der Waals surface area (Å²) in [7, 11) is 0. The van der Waals surface area contributed by atoms with Gasteiger partial charge in [0.2, 0.25) is 5.75 Å². The van der Waals surface area contributed by atoms with E-state index in [1.54, 1.807) is 0 Å². The fraction of sp³-hybridized carbons (Fsp3) is 0. The third-order valence-electron chi connectivity index (χ3n) is 2.45. The SMILES string of the molecule is Cl.Nn1cnnc1NN=Cc1cc([N+](=O)[O-])cc([N+](=O)[O-])c1O. The average molecular weight is 345 g/mol. The van der Waals surface area contributed by atoms with E-state index in [1.807, 2.05) is 0 Å². The van der Waals surface area contributed by atoms with Crippen molar-refractivity contribution in [1.29, 1.82) is 0 Å². The Morgan fingerprint density at radius 1 is 1.35 bits per heavy atom. The van der Waals surface area contributed by atoms with E-state index in [1.165, 1.54) is 6.33 Å². The number of aromatic hydroxyl groups is 1. The average Bonchev–Trinajstić information content (AvgIpc) is 2.85. The van der Waals surface area contributed by atoms with Gasteiger partial charge in [-0.3, -0.25) is 20.2 Å². The number of benzene rings is 1. The first-order valence-electron chi connectivity index (χ1n) is 5.50. The Morgan fingerprint density at radius 3 is 2.57 bits per heavy atom. The van der Waals surface area contributed by atoms with Crippen LogP contribution >= 0.6 is 12.4 Å². The molecule has 0 aliphatic heterocycles. The Bertz CT molecular complexity index is 775. The van der Waals surface area contributed by atoms with Crippen molar-refractivity contribution in [3.05, 3.63) is 44.3 Å². The summed E-state index contributed by atoms with van der Waals surface area (Å²) < 4.78 is 1.01. The lowest BCUT2D eigenvalue weighted by atomic mass is 10.1. The fourth-order valence-electron chi connectivity index (χ4n) is 1.45. The Balaban J connectivity index is 0.00000264. The van der Waals surface area contributed by atoms with E-state index in [-0.39, 0.29) is 23.9 Å². The molecule has 0 spiro atoms. The van der Waals surface area contributed by atoms with Crippen molar-refractivity contribution in [2.45, 2.75) is 0 Å². The molecule has 0 bridgehead atoms. The first-order valence-corrected chi connectivity index (χ1v) is 5.50. The molecule has 2 aromatic rings. The van der Waals surface area contributed by atoms with E-state index in [0.717, 1.165) is 17.0 Å². The van der Waals surface area contributed by atoms with Crippen LogP contribution in [0.3, 0.4) is 0 Å². The number of nitrogens with zero attached hydrogens (tertiary/aromatic N) is 6. The van der Waals surface area contributed by atoms with Crippen LogP contribution in [0.15, 0.2) is 23.6 Å². The Labute approximate surface area is 133 Å². The molecule has 0 saturated heterocycles. The lowest BCUT2D eigenvalue weighted by molar-refractivity contribution is -0.394. The third-order valence-corrected chi connectivity index (χ3v) is 2.45. The molecule has 2 rings (SSSR count). The molecule has 122 valence electrons. The Kier molecular flexibility index (Phi) is 5.34. The Hall–Kier alpha value is -3.48. The van der Waals surface area contributed by atoms with Crippen LogP contribution < -0.4 is 11.3 Å². The quantitative estimate of drug-likeness (QED) is 0.298. The summed E-state index contributed by atoms with van der Waals surface area (Å²) in [6.45, 7) is 0. The molecule has 0 amide bonds. The molecular weight excluding hydrogens is 336 g/mol. The van der Waals surface area contributed by atoms with Gasteiger partial charge in [-0.05, 0) is 0 Å². The number of nitrogen functional groups attached to an aromatic ring is 1. The van der Waals surface area contributed by atoms with Gasteiger partial charge in [0.15, 0.2) is 0 Å². The number of halogens is 1. The minimum atomic E-state index is -0.941. The number of nitro groups is 2. The van der Waals surface area contributed by atoms with Gasteiger partial charge < -0.3 is 10.9 Å². The predicted octanol–water partition coefficient (Wildman–Crippen LogP) is 0.382. The minimum Gasteiger partial charge on any atom is -0.502 e. The van der Waals surface area contributed by atoms with E-state index in [2.05, 4.69) is 20.7 Å². The van der Waals surface area contributed by atoms with Crippen molar-refractivity contribution in [1.82, 2.24) is 14.9 Å². The summed E-state index contributed by atoms with van der Waals surface area (Å²) >= 11 is 0. The number of phenolic OH excluding ortho intramolecular Hbond substituents is 1. The number of nitro benzene ring substituents is 2. The lowest BCUT2D eigenvalue weighted by Crippen LogP contribution is -2.10. The van der Waals surface area contributed by atoms with Gasteiger partial charge >= 0.3 is 5.69 Å². The maximum atomic E-state index is 10.8. The Morgan fingerprint density at radius 2 is 2.04 bits per heavy atom. The van der Waals surface area contributed by atoms with Crippen LogP contribution in [0.2, 0.25) is 0 Å². The number of nitrogens with two attached hydrogens (primary N) is 1. The molecule has 1 heterocycles. The van der Waals surface area contributed by atoms with Crippen molar-refractivity contribution in [3.8, 4) is 5.75 Å². The van der Waals surface area contributed by atoms with Crippen molar-refractivity contribution < 1.29 is 15.0 Å². The maximum Gasteiger partial charge on any atom is 0.318 e. The number of phenols is 1. The second-order valence-electron chi connectivity index (χ2n) is 3.85. The second kappa shape index (κ2) is 6.99. The lowest BCUT2D eigenvalue weighted by Gasteiger charge is -2.01. The van der Waals surface area contributed by atoms with Gasteiger partial charge in [0.25, 0.3) is 11.6 Å². The van der Waals surface area contributed by atoms with Gasteiger partial charge in [-0.2, -0.15) is 5.10 Å². The van der Waals surface area contributed by atoms with Crippen LogP contribution in [-0.4, -0.2) is 36.0 Å². The molecule has 0 saturated carbocycles. The van der Waals surface area contributed by atoms with Crippen LogP contribution in [0.4, 0.5) is 17.3 Å². The summed E-state index contributed by atoms with van der Waals surface area (Å²) in [5, 5.41) is 41.9. The smallest absolute Gasteiger partial charge is 0.318 e. The molecular formula is C9H9ClN8O5.